The molecule has 194 valence electrons. The molecule has 2 heterocycles. The zero-order valence-corrected chi connectivity index (χ0v) is 20.9. The molecule has 3 aromatic rings. The molecule has 2 atom stereocenters. The minimum absolute atomic E-state index is 0.00225. The topological polar surface area (TPSA) is 105 Å². The van der Waals surface area contributed by atoms with Crippen LogP contribution in [0.4, 0.5) is 8.78 Å². The molecule has 1 aromatic carbocycles. The molecule has 37 heavy (non-hydrogen) atoms. The van der Waals surface area contributed by atoms with E-state index in [0.29, 0.717) is 18.4 Å². The number of amides is 1. The summed E-state index contributed by atoms with van der Waals surface area (Å²) < 4.78 is 29.0. The van der Waals surface area contributed by atoms with Gasteiger partial charge in [-0.1, -0.05) is 35.3 Å². The first-order chi connectivity index (χ1) is 17.7. The number of pyridine rings is 1. The summed E-state index contributed by atoms with van der Waals surface area (Å²) in [6.07, 6.45) is 4.91. The van der Waals surface area contributed by atoms with Crippen molar-refractivity contribution in [2.24, 2.45) is 5.92 Å². The summed E-state index contributed by atoms with van der Waals surface area (Å²) in [5, 5.41) is 13.5. The summed E-state index contributed by atoms with van der Waals surface area (Å²) >= 11 is 12.2. The quantitative estimate of drug-likeness (QED) is 0.369. The number of rotatable bonds is 9. The minimum Gasteiger partial charge on any atom is -0.481 e. The van der Waals surface area contributed by atoms with Crippen LogP contribution in [0.2, 0.25) is 10.0 Å². The van der Waals surface area contributed by atoms with Gasteiger partial charge in [-0.3, -0.25) is 24.0 Å². The highest BCUT2D eigenvalue weighted by molar-refractivity contribution is 6.39. The highest BCUT2D eigenvalue weighted by Crippen LogP contribution is 2.36. The molecule has 1 aliphatic carbocycles. The van der Waals surface area contributed by atoms with Crippen LogP contribution in [0.1, 0.15) is 57.3 Å². The Morgan fingerprint density at radius 1 is 1.08 bits per heavy atom. The number of carbonyl (C=O) groups excluding carboxylic acids is 2. The van der Waals surface area contributed by atoms with Gasteiger partial charge in [0.05, 0.1) is 51.6 Å². The Morgan fingerprint density at radius 3 is 2.35 bits per heavy atom. The number of carboxylic acids is 1. The highest BCUT2D eigenvalue weighted by Gasteiger charge is 2.34. The van der Waals surface area contributed by atoms with Gasteiger partial charge in [0.2, 0.25) is 0 Å². The Kier molecular flexibility index (Phi) is 8.19. The van der Waals surface area contributed by atoms with Crippen LogP contribution in [0.3, 0.4) is 0 Å². The lowest BCUT2D eigenvalue weighted by Gasteiger charge is -2.23. The number of nitrogens with zero attached hydrogens (tertiary/aromatic N) is 4. The Hall–Kier alpha value is -3.37. The molecule has 1 fully saturated rings. The Balaban J connectivity index is 1.65. The molecule has 4 rings (SSSR count). The van der Waals surface area contributed by atoms with E-state index < -0.39 is 42.6 Å². The first kappa shape index (κ1) is 26.7. The number of carbonyl (C=O) groups is 3. The van der Waals surface area contributed by atoms with E-state index in [9.17, 15) is 28.3 Å². The van der Waals surface area contributed by atoms with Crippen LogP contribution in [-0.2, 0) is 18.0 Å². The van der Waals surface area contributed by atoms with E-state index in [1.54, 1.807) is 0 Å². The molecule has 0 radical (unpaired) electrons. The lowest BCUT2D eigenvalue weighted by Crippen LogP contribution is -2.36. The Bertz CT molecular complexity index is 1310. The summed E-state index contributed by atoms with van der Waals surface area (Å²) in [5.41, 5.74) is 0.465. The third-order valence-electron chi connectivity index (χ3n) is 6.40. The minimum atomic E-state index is -1.02. The van der Waals surface area contributed by atoms with Gasteiger partial charge in [-0.25, -0.2) is 8.78 Å². The number of alkyl halides is 1. The molecular weight excluding hydrogens is 529 g/mol. The number of halogens is 4. The molecular formula is C25H22Cl2F2N4O4. The van der Waals surface area contributed by atoms with Gasteiger partial charge in [-0.05, 0) is 37.0 Å². The molecule has 0 spiro atoms. The highest BCUT2D eigenvalue weighted by atomic mass is 35.5. The number of carboxylic acid groups (broad SMARTS) is 1. The summed E-state index contributed by atoms with van der Waals surface area (Å²) in [5.74, 6) is -3.20. The van der Waals surface area contributed by atoms with Crippen molar-refractivity contribution in [3.05, 3.63) is 81.1 Å². The van der Waals surface area contributed by atoms with Crippen molar-refractivity contribution in [3.63, 3.8) is 0 Å². The monoisotopic (exact) mass is 550 g/mol. The van der Waals surface area contributed by atoms with Crippen LogP contribution in [0.5, 0.6) is 0 Å². The van der Waals surface area contributed by atoms with Crippen molar-refractivity contribution in [3.8, 4) is 0 Å². The molecule has 12 heteroatoms. The van der Waals surface area contributed by atoms with Crippen LogP contribution in [0.25, 0.3) is 0 Å². The van der Waals surface area contributed by atoms with Crippen LogP contribution < -0.4 is 0 Å². The van der Waals surface area contributed by atoms with Crippen LogP contribution in [-0.4, -0.2) is 49.0 Å². The second kappa shape index (κ2) is 11.4. The average molecular weight is 551 g/mol. The molecule has 1 amide bonds. The maximum Gasteiger partial charge on any atom is 0.306 e. The molecule has 2 aromatic heterocycles. The Morgan fingerprint density at radius 2 is 1.76 bits per heavy atom. The van der Waals surface area contributed by atoms with Gasteiger partial charge in [-0.2, -0.15) is 5.10 Å². The third kappa shape index (κ3) is 5.80. The van der Waals surface area contributed by atoms with Gasteiger partial charge >= 0.3 is 5.97 Å². The fraction of sp³-hybridized carbons (Fsp3) is 0.320. The largest absolute Gasteiger partial charge is 0.481 e. The van der Waals surface area contributed by atoms with E-state index in [1.807, 2.05) is 0 Å². The first-order valence-electron chi connectivity index (χ1n) is 11.4. The summed E-state index contributed by atoms with van der Waals surface area (Å²) in [4.78, 5) is 43.1. The van der Waals surface area contributed by atoms with Crippen molar-refractivity contribution in [1.29, 1.82) is 0 Å². The average Bonchev–Trinajstić information content (AvgIpc) is 3.51. The van der Waals surface area contributed by atoms with E-state index in [1.165, 1.54) is 52.4 Å². The molecule has 0 bridgehead atoms. The van der Waals surface area contributed by atoms with E-state index in [-0.39, 0.29) is 45.9 Å². The van der Waals surface area contributed by atoms with Gasteiger partial charge in [0.15, 0.2) is 5.78 Å². The second-order valence-electron chi connectivity index (χ2n) is 8.77. The van der Waals surface area contributed by atoms with Gasteiger partial charge in [-0.15, -0.1) is 0 Å². The van der Waals surface area contributed by atoms with Gasteiger partial charge < -0.3 is 10.0 Å². The summed E-state index contributed by atoms with van der Waals surface area (Å²) in [6, 6.07) is 5.02. The molecule has 0 saturated heterocycles. The molecule has 0 aliphatic heterocycles. The summed E-state index contributed by atoms with van der Waals surface area (Å²) in [7, 11) is 0. The van der Waals surface area contributed by atoms with Gasteiger partial charge in [0.1, 0.15) is 12.5 Å². The lowest BCUT2D eigenvalue weighted by atomic mass is 10.1. The zero-order chi connectivity index (χ0) is 26.7. The van der Waals surface area contributed by atoms with Crippen molar-refractivity contribution in [2.45, 2.75) is 38.5 Å². The van der Waals surface area contributed by atoms with Crippen LogP contribution in [0, 0.1) is 11.7 Å². The molecule has 8 nitrogen and oxygen atoms in total. The maximum absolute atomic E-state index is 14.2. The third-order valence-corrected chi connectivity index (χ3v) is 6.97. The molecule has 1 N–H and O–H groups in total. The first-order valence-corrected chi connectivity index (χ1v) is 12.2. The number of ketones is 1. The van der Waals surface area contributed by atoms with Crippen molar-refractivity contribution in [1.82, 2.24) is 19.7 Å². The zero-order valence-electron chi connectivity index (χ0n) is 19.4. The number of Topliss-reactive ketones (excluding diaryl/α,β-unsaturated/α-hetero) is 1. The molecule has 1 aliphatic rings. The van der Waals surface area contributed by atoms with Gasteiger partial charge in [0, 0.05) is 18.9 Å². The van der Waals surface area contributed by atoms with E-state index in [4.69, 9.17) is 23.2 Å². The predicted molar refractivity (Wildman–Crippen MR) is 131 cm³/mol. The predicted octanol–water partition coefficient (Wildman–Crippen LogP) is 5.14. The van der Waals surface area contributed by atoms with Crippen molar-refractivity contribution in [2.75, 3.05) is 6.54 Å². The second-order valence-corrected chi connectivity index (χ2v) is 9.59. The smallest absolute Gasteiger partial charge is 0.306 e. The normalized spacial score (nSPS) is 17.1. The van der Waals surface area contributed by atoms with E-state index in [2.05, 4.69) is 10.1 Å². The number of hydrogen-bond acceptors (Lipinski definition) is 5. The standard InChI is InChI=1S/C25H22Cl2F2N4O4/c26-19-10-30-11-20(27)23(19)22(34)13-32(12-14-1-4-16(29)5-2-14)24(35)18-9-31-33(21(18)8-28)17-6-3-15(7-17)25(36)37/h1-2,4-5,9-11,15,17H,3,6-8,12-13H2,(H,36,37). The van der Waals surface area contributed by atoms with E-state index >= 15 is 0 Å². The number of hydrogen-bond donors (Lipinski definition) is 1. The fourth-order valence-corrected chi connectivity index (χ4v) is 5.10. The number of benzene rings is 1. The molecule has 2 unspecified atom stereocenters. The van der Waals surface area contributed by atoms with Crippen LogP contribution >= 0.6 is 23.2 Å². The number of aliphatic carboxylic acids is 1. The number of aromatic nitrogens is 3. The Labute approximate surface area is 220 Å². The maximum atomic E-state index is 14.2. The lowest BCUT2D eigenvalue weighted by molar-refractivity contribution is -0.141. The molecule has 1 saturated carbocycles. The SMILES string of the molecule is O=C(CN(Cc1ccc(F)cc1)C(=O)c1cnn(C2CCC(C(=O)O)C2)c1CF)c1c(Cl)cncc1Cl. The van der Waals surface area contributed by atoms with Crippen LogP contribution in [0.15, 0.2) is 42.9 Å². The van der Waals surface area contributed by atoms with Gasteiger partial charge in [0.25, 0.3) is 5.91 Å². The van der Waals surface area contributed by atoms with Crippen molar-refractivity contribution >= 4 is 40.9 Å². The van der Waals surface area contributed by atoms with Crippen molar-refractivity contribution < 1.29 is 28.3 Å². The summed E-state index contributed by atoms with van der Waals surface area (Å²) in [6.45, 7) is -1.57. The van der Waals surface area contributed by atoms with E-state index in [0.717, 1.165) is 0 Å². The fourth-order valence-electron chi connectivity index (χ4n) is 4.53.